The topological polar surface area (TPSA) is 0 Å². The maximum atomic E-state index is 3.64. The van der Waals surface area contributed by atoms with Crippen LogP contribution in [0.15, 0.2) is 36.5 Å². The molecule has 0 heterocycles. The quantitative estimate of drug-likeness (QED) is 0.548. The number of allylic oxidation sites excluding steroid dienone is 5. The van der Waals surface area contributed by atoms with Crippen LogP contribution in [0.25, 0.3) is 0 Å². The predicted molar refractivity (Wildman–Crippen MR) is 63.9 cm³/mol. The Morgan fingerprint density at radius 1 is 1.31 bits per heavy atom. The second kappa shape index (κ2) is 11.2. The van der Waals surface area contributed by atoms with Crippen LogP contribution in [0.2, 0.25) is 0 Å². The molecular formula is C13H24. The summed E-state index contributed by atoms with van der Waals surface area (Å²) in [7, 11) is 0. The zero-order chi connectivity index (χ0) is 10.7. The molecule has 0 saturated heterocycles. The average molecular weight is 180 g/mol. The van der Waals surface area contributed by atoms with E-state index in [4.69, 9.17) is 0 Å². The van der Waals surface area contributed by atoms with Crippen LogP contribution >= 0.6 is 0 Å². The molecule has 0 bridgehead atoms. The van der Waals surface area contributed by atoms with Gasteiger partial charge >= 0.3 is 0 Å². The molecule has 0 atom stereocenters. The first-order chi connectivity index (χ1) is 6.22. The van der Waals surface area contributed by atoms with Gasteiger partial charge in [-0.25, -0.2) is 0 Å². The van der Waals surface area contributed by atoms with Gasteiger partial charge in [-0.3, -0.25) is 0 Å². The first-order valence-corrected chi connectivity index (χ1v) is 5.21. The lowest BCUT2D eigenvalue weighted by atomic mass is 10.0. The van der Waals surface area contributed by atoms with Gasteiger partial charge < -0.3 is 0 Å². The molecule has 0 aliphatic carbocycles. The molecule has 0 aromatic heterocycles. The highest BCUT2D eigenvalue weighted by Gasteiger charge is 1.95. The minimum Gasteiger partial charge on any atom is -0.0991 e. The van der Waals surface area contributed by atoms with E-state index in [-0.39, 0.29) is 0 Å². The van der Waals surface area contributed by atoms with Gasteiger partial charge in [0.2, 0.25) is 0 Å². The Kier molecular flexibility index (Phi) is 12.7. The SMILES string of the molecule is C=C/C=C\C(=C/CC)C(C)C.CC. The van der Waals surface area contributed by atoms with E-state index in [9.17, 15) is 0 Å². The maximum absolute atomic E-state index is 3.64. The second-order valence-corrected chi connectivity index (χ2v) is 2.86. The Morgan fingerprint density at radius 3 is 2.15 bits per heavy atom. The van der Waals surface area contributed by atoms with Crippen LogP contribution in [-0.4, -0.2) is 0 Å². The summed E-state index contributed by atoms with van der Waals surface area (Å²) in [5.41, 5.74) is 1.40. The van der Waals surface area contributed by atoms with E-state index in [2.05, 4.69) is 39.5 Å². The first kappa shape index (κ1) is 14.7. The van der Waals surface area contributed by atoms with Crippen molar-refractivity contribution in [1.29, 1.82) is 0 Å². The largest absolute Gasteiger partial charge is 0.0991 e. The third kappa shape index (κ3) is 9.13. The van der Waals surface area contributed by atoms with Crippen molar-refractivity contribution >= 4 is 0 Å². The zero-order valence-electron chi connectivity index (χ0n) is 9.80. The summed E-state index contributed by atoms with van der Waals surface area (Å²) >= 11 is 0. The number of hydrogen-bond donors (Lipinski definition) is 0. The molecule has 0 heteroatoms. The van der Waals surface area contributed by atoms with Crippen molar-refractivity contribution in [2.45, 2.75) is 41.0 Å². The van der Waals surface area contributed by atoms with Crippen LogP contribution in [0.4, 0.5) is 0 Å². The molecule has 0 fully saturated rings. The molecule has 76 valence electrons. The Balaban J connectivity index is 0. The number of hydrogen-bond acceptors (Lipinski definition) is 0. The molecule has 0 aromatic carbocycles. The minimum atomic E-state index is 0.617. The highest BCUT2D eigenvalue weighted by atomic mass is 14.0. The van der Waals surface area contributed by atoms with Gasteiger partial charge in [0.1, 0.15) is 0 Å². The molecule has 0 aliphatic heterocycles. The minimum absolute atomic E-state index is 0.617. The average Bonchev–Trinajstić information content (AvgIpc) is 2.15. The highest BCUT2D eigenvalue weighted by Crippen LogP contribution is 2.11. The lowest BCUT2D eigenvalue weighted by molar-refractivity contribution is 0.785. The van der Waals surface area contributed by atoms with Gasteiger partial charge in [0, 0.05) is 0 Å². The molecule has 0 aromatic rings. The van der Waals surface area contributed by atoms with Crippen LogP contribution in [0.1, 0.15) is 41.0 Å². The molecule has 0 radical (unpaired) electrons. The van der Waals surface area contributed by atoms with Crippen molar-refractivity contribution in [2.75, 3.05) is 0 Å². The monoisotopic (exact) mass is 180 g/mol. The molecule has 0 aliphatic rings. The summed E-state index contributed by atoms with van der Waals surface area (Å²) in [5, 5.41) is 0. The van der Waals surface area contributed by atoms with Gasteiger partial charge in [-0.15, -0.1) is 0 Å². The van der Waals surface area contributed by atoms with Gasteiger partial charge in [0.15, 0.2) is 0 Å². The van der Waals surface area contributed by atoms with Crippen molar-refractivity contribution < 1.29 is 0 Å². The lowest BCUT2D eigenvalue weighted by Gasteiger charge is -2.04. The van der Waals surface area contributed by atoms with Crippen LogP contribution in [0, 0.1) is 5.92 Å². The normalized spacial score (nSPS) is 11.4. The molecule has 0 unspecified atom stereocenters. The fraction of sp³-hybridized carbons (Fsp3) is 0.538. The molecule has 0 amide bonds. The van der Waals surface area contributed by atoms with E-state index in [0.29, 0.717) is 5.92 Å². The van der Waals surface area contributed by atoms with Crippen molar-refractivity contribution in [1.82, 2.24) is 0 Å². The van der Waals surface area contributed by atoms with Gasteiger partial charge in [0.05, 0.1) is 0 Å². The van der Waals surface area contributed by atoms with Crippen molar-refractivity contribution in [3.63, 3.8) is 0 Å². The fourth-order valence-electron chi connectivity index (χ4n) is 0.911. The van der Waals surface area contributed by atoms with Crippen LogP contribution in [0.5, 0.6) is 0 Å². The Bertz CT molecular complexity index is 159. The van der Waals surface area contributed by atoms with E-state index in [1.54, 1.807) is 0 Å². The van der Waals surface area contributed by atoms with Crippen LogP contribution in [-0.2, 0) is 0 Å². The Labute approximate surface area is 84.1 Å². The summed E-state index contributed by atoms with van der Waals surface area (Å²) < 4.78 is 0. The van der Waals surface area contributed by atoms with Crippen molar-refractivity contribution in [3.8, 4) is 0 Å². The van der Waals surface area contributed by atoms with E-state index < -0.39 is 0 Å². The van der Waals surface area contributed by atoms with E-state index in [1.165, 1.54) is 5.57 Å². The molecule has 0 nitrogen and oxygen atoms in total. The summed E-state index contributed by atoms with van der Waals surface area (Å²) in [6.07, 6.45) is 9.29. The molecule has 0 saturated carbocycles. The van der Waals surface area contributed by atoms with Gasteiger partial charge in [0.25, 0.3) is 0 Å². The maximum Gasteiger partial charge on any atom is -0.0222 e. The van der Waals surface area contributed by atoms with Crippen LogP contribution in [0.3, 0.4) is 0 Å². The molecule has 13 heavy (non-hydrogen) atoms. The summed E-state index contributed by atoms with van der Waals surface area (Å²) in [6.45, 7) is 14.2. The first-order valence-electron chi connectivity index (χ1n) is 5.21. The van der Waals surface area contributed by atoms with Gasteiger partial charge in [-0.05, 0) is 17.9 Å². The van der Waals surface area contributed by atoms with E-state index in [1.807, 2.05) is 26.0 Å². The highest BCUT2D eigenvalue weighted by molar-refractivity contribution is 5.22. The Hall–Kier alpha value is -0.780. The Morgan fingerprint density at radius 2 is 1.85 bits per heavy atom. The molecule has 0 rings (SSSR count). The lowest BCUT2D eigenvalue weighted by Crippen LogP contribution is -1.89. The van der Waals surface area contributed by atoms with Crippen molar-refractivity contribution in [3.05, 3.63) is 36.5 Å². The third-order valence-electron chi connectivity index (χ3n) is 1.53. The van der Waals surface area contributed by atoms with Gasteiger partial charge in [-0.1, -0.05) is 65.5 Å². The molecule has 0 N–H and O–H groups in total. The summed E-state index contributed by atoms with van der Waals surface area (Å²) in [6, 6.07) is 0. The van der Waals surface area contributed by atoms with E-state index in [0.717, 1.165) is 6.42 Å². The third-order valence-corrected chi connectivity index (χ3v) is 1.53. The van der Waals surface area contributed by atoms with Gasteiger partial charge in [-0.2, -0.15) is 0 Å². The molecule has 0 spiro atoms. The zero-order valence-corrected chi connectivity index (χ0v) is 9.80. The smallest absolute Gasteiger partial charge is 0.0222 e. The number of rotatable bonds is 4. The summed E-state index contributed by atoms with van der Waals surface area (Å²) in [5.74, 6) is 0.617. The standard InChI is InChI=1S/C11H18.C2H6/c1-5-7-9-11(8-6-2)10(3)4;1-2/h5,7-10H,1,6H2,2-4H3;1-2H3/b9-7-,11-8+;. The van der Waals surface area contributed by atoms with Crippen LogP contribution < -0.4 is 0 Å². The van der Waals surface area contributed by atoms with E-state index >= 15 is 0 Å². The fourth-order valence-corrected chi connectivity index (χ4v) is 0.911. The summed E-state index contributed by atoms with van der Waals surface area (Å²) in [4.78, 5) is 0. The van der Waals surface area contributed by atoms with Crippen molar-refractivity contribution in [2.24, 2.45) is 5.92 Å². The second-order valence-electron chi connectivity index (χ2n) is 2.86. The predicted octanol–water partition coefficient (Wildman–Crippen LogP) is 4.75. The molecular weight excluding hydrogens is 156 g/mol.